The van der Waals surface area contributed by atoms with Crippen molar-refractivity contribution in [3.8, 4) is 0 Å². The molecule has 0 aromatic heterocycles. The number of halogens is 1. The van der Waals surface area contributed by atoms with Gasteiger partial charge in [-0.25, -0.2) is 4.39 Å². The molecule has 1 aromatic rings. The van der Waals surface area contributed by atoms with Crippen LogP contribution in [-0.2, 0) is 0 Å². The topological polar surface area (TPSA) is 12.0 Å². The van der Waals surface area contributed by atoms with Crippen LogP contribution >= 0.6 is 0 Å². The monoisotopic (exact) mass is 291 g/mol. The van der Waals surface area contributed by atoms with Crippen molar-refractivity contribution in [3.05, 3.63) is 35.1 Å². The van der Waals surface area contributed by atoms with E-state index >= 15 is 0 Å². The SMILES string of the molecule is CCCNC(c1ccc(F)cc1C)C1CC(C)CC(C)C1. The highest BCUT2D eigenvalue weighted by Gasteiger charge is 2.31. The molecule has 2 rings (SSSR count). The molecule has 1 N–H and O–H groups in total. The van der Waals surface area contributed by atoms with E-state index in [-0.39, 0.29) is 5.82 Å². The Hall–Kier alpha value is -0.890. The van der Waals surface area contributed by atoms with Crippen molar-refractivity contribution in [3.63, 3.8) is 0 Å². The molecule has 0 aliphatic heterocycles. The lowest BCUT2D eigenvalue weighted by Crippen LogP contribution is -2.34. The summed E-state index contributed by atoms with van der Waals surface area (Å²) in [5.74, 6) is 2.13. The molecule has 0 heterocycles. The molecule has 0 amide bonds. The van der Waals surface area contributed by atoms with Crippen molar-refractivity contribution in [2.45, 2.75) is 59.4 Å². The van der Waals surface area contributed by atoms with Gasteiger partial charge in [-0.2, -0.15) is 0 Å². The molecule has 3 atom stereocenters. The Labute approximate surface area is 129 Å². The highest BCUT2D eigenvalue weighted by molar-refractivity contribution is 5.30. The Morgan fingerprint density at radius 2 is 1.86 bits per heavy atom. The average molecular weight is 291 g/mol. The fourth-order valence-corrected chi connectivity index (χ4v) is 4.10. The first kappa shape index (κ1) is 16.5. The van der Waals surface area contributed by atoms with Crippen molar-refractivity contribution in [2.24, 2.45) is 17.8 Å². The Morgan fingerprint density at radius 3 is 2.43 bits per heavy atom. The number of rotatable bonds is 5. The van der Waals surface area contributed by atoms with E-state index in [1.165, 1.54) is 24.8 Å². The van der Waals surface area contributed by atoms with Crippen LogP contribution in [0.5, 0.6) is 0 Å². The van der Waals surface area contributed by atoms with E-state index in [1.807, 2.05) is 13.0 Å². The third-order valence-corrected chi connectivity index (χ3v) is 4.87. The van der Waals surface area contributed by atoms with Gasteiger partial charge in [-0.3, -0.25) is 0 Å². The van der Waals surface area contributed by atoms with Crippen molar-refractivity contribution < 1.29 is 4.39 Å². The number of hydrogen-bond acceptors (Lipinski definition) is 1. The zero-order valence-electron chi connectivity index (χ0n) is 14.0. The normalized spacial score (nSPS) is 27.6. The van der Waals surface area contributed by atoms with Gasteiger partial charge in [-0.15, -0.1) is 0 Å². The van der Waals surface area contributed by atoms with Crippen molar-refractivity contribution >= 4 is 0 Å². The van der Waals surface area contributed by atoms with Crippen LogP contribution in [0, 0.1) is 30.5 Å². The van der Waals surface area contributed by atoms with Crippen LogP contribution in [0.25, 0.3) is 0 Å². The summed E-state index contributed by atoms with van der Waals surface area (Å²) in [6.45, 7) is 10.0. The van der Waals surface area contributed by atoms with Crippen molar-refractivity contribution in [1.29, 1.82) is 0 Å². The zero-order chi connectivity index (χ0) is 15.4. The zero-order valence-corrected chi connectivity index (χ0v) is 14.0. The van der Waals surface area contributed by atoms with E-state index in [4.69, 9.17) is 0 Å². The summed E-state index contributed by atoms with van der Waals surface area (Å²) in [5, 5.41) is 3.73. The molecule has 21 heavy (non-hydrogen) atoms. The summed E-state index contributed by atoms with van der Waals surface area (Å²) in [5.41, 5.74) is 2.37. The second kappa shape index (κ2) is 7.40. The Bertz CT molecular complexity index is 447. The van der Waals surface area contributed by atoms with E-state index in [0.717, 1.165) is 30.4 Å². The molecule has 0 bridgehead atoms. The second-order valence-corrected chi connectivity index (χ2v) is 7.11. The molecule has 0 radical (unpaired) electrons. The minimum Gasteiger partial charge on any atom is -0.310 e. The fraction of sp³-hybridized carbons (Fsp3) is 0.684. The Kier molecular flexibility index (Phi) is 5.80. The van der Waals surface area contributed by atoms with Crippen molar-refractivity contribution in [1.82, 2.24) is 5.32 Å². The summed E-state index contributed by atoms with van der Waals surface area (Å²) < 4.78 is 13.4. The smallest absolute Gasteiger partial charge is 0.123 e. The highest BCUT2D eigenvalue weighted by Crippen LogP contribution is 2.40. The van der Waals surface area contributed by atoms with Crippen LogP contribution in [0.3, 0.4) is 0 Å². The molecule has 1 nitrogen and oxygen atoms in total. The number of aryl methyl sites for hydroxylation is 1. The molecular weight excluding hydrogens is 261 g/mol. The Morgan fingerprint density at radius 1 is 1.19 bits per heavy atom. The van der Waals surface area contributed by atoms with E-state index < -0.39 is 0 Å². The predicted octanol–water partition coefficient (Wildman–Crippen LogP) is 5.25. The first-order chi connectivity index (χ1) is 10.0. The van der Waals surface area contributed by atoms with Gasteiger partial charge < -0.3 is 5.32 Å². The second-order valence-electron chi connectivity index (χ2n) is 7.11. The van der Waals surface area contributed by atoms with E-state index in [2.05, 4.69) is 26.1 Å². The van der Waals surface area contributed by atoms with Crippen LogP contribution < -0.4 is 5.32 Å². The molecule has 3 unspecified atom stereocenters. The van der Waals surface area contributed by atoms with E-state index in [0.29, 0.717) is 12.0 Å². The standard InChI is InChI=1S/C19H30FN/c1-5-8-21-19(16-10-13(2)9-14(3)11-16)18-7-6-17(20)12-15(18)4/h6-7,12-14,16,19,21H,5,8-11H2,1-4H3. The third-order valence-electron chi connectivity index (χ3n) is 4.87. The third kappa shape index (κ3) is 4.29. The molecule has 0 saturated heterocycles. The van der Waals surface area contributed by atoms with Crippen LogP contribution in [0.1, 0.15) is 63.6 Å². The van der Waals surface area contributed by atoms with Gasteiger partial charge in [-0.05, 0) is 80.2 Å². The minimum absolute atomic E-state index is 0.129. The number of hydrogen-bond donors (Lipinski definition) is 1. The molecule has 1 aliphatic rings. The van der Waals surface area contributed by atoms with E-state index in [1.54, 1.807) is 12.1 Å². The molecule has 118 valence electrons. The molecule has 1 fully saturated rings. The lowest BCUT2D eigenvalue weighted by molar-refractivity contribution is 0.176. The lowest BCUT2D eigenvalue weighted by Gasteiger charge is -2.38. The van der Waals surface area contributed by atoms with Crippen LogP contribution in [0.2, 0.25) is 0 Å². The lowest BCUT2D eigenvalue weighted by atomic mass is 9.72. The maximum absolute atomic E-state index is 13.4. The van der Waals surface area contributed by atoms with Gasteiger partial charge in [0.2, 0.25) is 0 Å². The van der Waals surface area contributed by atoms with E-state index in [9.17, 15) is 4.39 Å². The number of benzene rings is 1. The maximum Gasteiger partial charge on any atom is 0.123 e. The summed E-state index contributed by atoms with van der Waals surface area (Å²) in [7, 11) is 0. The largest absolute Gasteiger partial charge is 0.310 e. The maximum atomic E-state index is 13.4. The minimum atomic E-state index is -0.129. The molecule has 2 heteroatoms. The van der Waals surface area contributed by atoms with Gasteiger partial charge in [0.05, 0.1) is 0 Å². The van der Waals surface area contributed by atoms with Crippen molar-refractivity contribution in [2.75, 3.05) is 6.54 Å². The van der Waals surface area contributed by atoms with Gasteiger partial charge in [0.15, 0.2) is 0 Å². The van der Waals surface area contributed by atoms with Gasteiger partial charge >= 0.3 is 0 Å². The summed E-state index contributed by atoms with van der Waals surface area (Å²) in [6, 6.07) is 5.64. The van der Waals surface area contributed by atoms with Gasteiger partial charge in [-0.1, -0.05) is 26.8 Å². The highest BCUT2D eigenvalue weighted by atomic mass is 19.1. The Balaban J connectivity index is 2.24. The summed E-state index contributed by atoms with van der Waals surface area (Å²) in [6.07, 6.45) is 5.04. The van der Waals surface area contributed by atoms with Crippen LogP contribution in [-0.4, -0.2) is 6.54 Å². The summed E-state index contributed by atoms with van der Waals surface area (Å²) in [4.78, 5) is 0. The first-order valence-corrected chi connectivity index (χ1v) is 8.50. The quantitative estimate of drug-likeness (QED) is 0.781. The average Bonchev–Trinajstić information content (AvgIpc) is 2.40. The predicted molar refractivity (Wildman–Crippen MR) is 87.8 cm³/mol. The van der Waals surface area contributed by atoms with Crippen LogP contribution in [0.15, 0.2) is 18.2 Å². The van der Waals surface area contributed by atoms with Gasteiger partial charge in [0.25, 0.3) is 0 Å². The van der Waals surface area contributed by atoms with Gasteiger partial charge in [0.1, 0.15) is 5.82 Å². The van der Waals surface area contributed by atoms with Gasteiger partial charge in [0, 0.05) is 6.04 Å². The molecule has 1 aliphatic carbocycles. The summed E-state index contributed by atoms with van der Waals surface area (Å²) >= 11 is 0. The molecule has 0 spiro atoms. The van der Waals surface area contributed by atoms with Crippen LogP contribution in [0.4, 0.5) is 4.39 Å². The number of nitrogens with one attached hydrogen (secondary N) is 1. The molecular formula is C19H30FN. The first-order valence-electron chi connectivity index (χ1n) is 8.50. The molecule has 1 saturated carbocycles. The fourth-order valence-electron chi connectivity index (χ4n) is 4.10. The molecule has 1 aromatic carbocycles.